The number of rotatable bonds is 8. The second-order valence-corrected chi connectivity index (χ2v) is 7.72. The molecule has 0 saturated carbocycles. The van der Waals surface area contributed by atoms with Crippen molar-refractivity contribution in [2.45, 2.75) is 65.0 Å². The van der Waals surface area contributed by atoms with Gasteiger partial charge in [-0.2, -0.15) is 0 Å². The predicted octanol–water partition coefficient (Wildman–Crippen LogP) is 6.16. The second-order valence-electron chi connectivity index (χ2n) is 7.72. The summed E-state index contributed by atoms with van der Waals surface area (Å²) in [5, 5.41) is 10.5. The first-order valence-electron chi connectivity index (χ1n) is 10.4. The van der Waals surface area contributed by atoms with Crippen LogP contribution in [-0.4, -0.2) is 27.9 Å². The Balaban J connectivity index is 1.86. The van der Waals surface area contributed by atoms with E-state index in [-0.39, 0.29) is 11.3 Å². The largest absolute Gasteiger partial charge is 0.504 e. The van der Waals surface area contributed by atoms with Crippen LogP contribution < -0.4 is 0 Å². The topological polar surface area (TPSA) is 35.8 Å². The molecule has 28 heavy (non-hydrogen) atoms. The summed E-state index contributed by atoms with van der Waals surface area (Å²) >= 11 is 0. The maximum atomic E-state index is 15.0. The van der Waals surface area contributed by atoms with Crippen molar-refractivity contribution >= 4 is 5.84 Å². The van der Waals surface area contributed by atoms with Crippen molar-refractivity contribution in [3.8, 4) is 16.9 Å². The van der Waals surface area contributed by atoms with E-state index in [0.29, 0.717) is 17.7 Å². The van der Waals surface area contributed by atoms with Gasteiger partial charge in [0.15, 0.2) is 11.6 Å². The molecule has 2 aromatic carbocycles. The van der Waals surface area contributed by atoms with E-state index in [0.717, 1.165) is 50.0 Å². The molecular weight excluding hydrogens is 351 g/mol. The van der Waals surface area contributed by atoms with Crippen molar-refractivity contribution in [2.75, 3.05) is 6.54 Å². The van der Waals surface area contributed by atoms with E-state index in [4.69, 9.17) is 4.99 Å². The number of unbranched alkanes of at least 4 members (excludes halogenated alkanes) is 1. The van der Waals surface area contributed by atoms with Crippen molar-refractivity contribution in [1.29, 1.82) is 0 Å². The highest BCUT2D eigenvalue weighted by atomic mass is 19.1. The fraction of sp³-hybridized carbons (Fsp3) is 0.458. The SMILES string of the molecule is CCCCC1=NC(CC)(CC)CN1Cc1ccc(-c2ccccc2)c(O)c1F. The molecule has 0 amide bonds. The van der Waals surface area contributed by atoms with E-state index in [1.807, 2.05) is 36.4 Å². The third-order valence-corrected chi connectivity index (χ3v) is 5.93. The molecule has 3 rings (SSSR count). The molecule has 0 spiro atoms. The zero-order valence-electron chi connectivity index (χ0n) is 17.2. The smallest absolute Gasteiger partial charge is 0.170 e. The summed E-state index contributed by atoms with van der Waals surface area (Å²) in [6.45, 7) is 7.79. The van der Waals surface area contributed by atoms with Gasteiger partial charge in [-0.15, -0.1) is 0 Å². The molecule has 0 saturated heterocycles. The molecule has 0 aliphatic carbocycles. The van der Waals surface area contributed by atoms with Gasteiger partial charge in [-0.1, -0.05) is 69.7 Å². The molecule has 0 radical (unpaired) electrons. The lowest BCUT2D eigenvalue weighted by atomic mass is 9.94. The lowest BCUT2D eigenvalue weighted by molar-refractivity contribution is 0.312. The van der Waals surface area contributed by atoms with Gasteiger partial charge in [0.25, 0.3) is 0 Å². The molecular formula is C24H31FN2O. The van der Waals surface area contributed by atoms with Gasteiger partial charge in [0.05, 0.1) is 5.54 Å². The Kier molecular flexibility index (Phi) is 6.38. The van der Waals surface area contributed by atoms with Crippen LogP contribution in [0.3, 0.4) is 0 Å². The zero-order valence-corrected chi connectivity index (χ0v) is 17.2. The predicted molar refractivity (Wildman–Crippen MR) is 114 cm³/mol. The fourth-order valence-corrected chi connectivity index (χ4v) is 3.94. The van der Waals surface area contributed by atoms with Crippen molar-refractivity contribution in [1.82, 2.24) is 4.90 Å². The minimum Gasteiger partial charge on any atom is -0.504 e. The van der Waals surface area contributed by atoms with Gasteiger partial charge in [0.2, 0.25) is 0 Å². The standard InChI is InChI=1S/C24H31FN2O/c1-4-7-13-21-26-24(5-2,6-3)17-27(21)16-19-14-15-20(23(28)22(19)25)18-11-9-8-10-12-18/h8-12,14-15,28H,4-7,13,16-17H2,1-3H3. The summed E-state index contributed by atoms with van der Waals surface area (Å²) < 4.78 is 15.0. The average Bonchev–Trinajstić information content (AvgIpc) is 3.09. The van der Waals surface area contributed by atoms with Crippen molar-refractivity contribution < 1.29 is 9.50 Å². The Hall–Kier alpha value is -2.36. The quantitative estimate of drug-likeness (QED) is 0.593. The molecule has 1 aliphatic heterocycles. The van der Waals surface area contributed by atoms with E-state index in [2.05, 4.69) is 25.7 Å². The molecule has 0 atom stereocenters. The maximum absolute atomic E-state index is 15.0. The summed E-state index contributed by atoms with van der Waals surface area (Å²) in [5.74, 6) is 0.283. The summed E-state index contributed by atoms with van der Waals surface area (Å²) in [4.78, 5) is 7.26. The van der Waals surface area contributed by atoms with Crippen LogP contribution in [0.5, 0.6) is 5.75 Å². The van der Waals surface area contributed by atoms with Gasteiger partial charge in [-0.25, -0.2) is 4.39 Å². The van der Waals surface area contributed by atoms with Crippen molar-refractivity contribution in [2.24, 2.45) is 4.99 Å². The molecule has 1 N–H and O–H groups in total. The van der Waals surface area contributed by atoms with Gasteiger partial charge in [-0.05, 0) is 24.8 Å². The van der Waals surface area contributed by atoms with Crippen molar-refractivity contribution in [3.63, 3.8) is 0 Å². The number of hydrogen-bond acceptors (Lipinski definition) is 3. The highest BCUT2D eigenvalue weighted by molar-refractivity contribution is 5.84. The summed E-state index contributed by atoms with van der Waals surface area (Å²) in [7, 11) is 0. The summed E-state index contributed by atoms with van der Waals surface area (Å²) in [6, 6.07) is 13.0. The van der Waals surface area contributed by atoms with E-state index < -0.39 is 5.82 Å². The lowest BCUT2D eigenvalue weighted by Gasteiger charge is -2.26. The number of aromatic hydroxyl groups is 1. The Morgan fingerprint density at radius 1 is 1.07 bits per heavy atom. The average molecular weight is 383 g/mol. The van der Waals surface area contributed by atoms with Crippen LogP contribution in [0.15, 0.2) is 47.5 Å². The number of halogens is 1. The highest BCUT2D eigenvalue weighted by Gasteiger charge is 2.36. The van der Waals surface area contributed by atoms with Crippen LogP contribution in [0.4, 0.5) is 4.39 Å². The third-order valence-electron chi connectivity index (χ3n) is 5.93. The van der Waals surface area contributed by atoms with E-state index >= 15 is 4.39 Å². The number of amidine groups is 1. The summed E-state index contributed by atoms with van der Waals surface area (Å²) in [6.07, 6.45) is 5.08. The maximum Gasteiger partial charge on any atom is 0.170 e. The molecule has 0 unspecified atom stereocenters. The van der Waals surface area contributed by atoms with Gasteiger partial charge >= 0.3 is 0 Å². The summed E-state index contributed by atoms with van der Waals surface area (Å²) in [5.41, 5.74) is 1.79. The zero-order chi connectivity index (χ0) is 20.1. The van der Waals surface area contributed by atoms with Gasteiger partial charge < -0.3 is 10.0 Å². The van der Waals surface area contributed by atoms with Crippen LogP contribution >= 0.6 is 0 Å². The Bertz CT molecular complexity index is 828. The molecule has 0 bridgehead atoms. The number of aliphatic imine (C=N–C) groups is 1. The minimum atomic E-state index is -0.526. The fourth-order valence-electron chi connectivity index (χ4n) is 3.94. The van der Waals surface area contributed by atoms with Gasteiger partial charge in [-0.3, -0.25) is 4.99 Å². The number of nitrogens with zero attached hydrogens (tertiary/aromatic N) is 2. The lowest BCUT2D eigenvalue weighted by Crippen LogP contribution is -2.35. The first-order chi connectivity index (χ1) is 13.5. The molecule has 2 aromatic rings. The van der Waals surface area contributed by atoms with Crippen molar-refractivity contribution in [3.05, 3.63) is 53.8 Å². The number of benzene rings is 2. The minimum absolute atomic E-state index is 0.0639. The monoisotopic (exact) mass is 382 g/mol. The Morgan fingerprint density at radius 3 is 2.43 bits per heavy atom. The first kappa shape index (κ1) is 20.4. The molecule has 1 aliphatic rings. The molecule has 4 heteroatoms. The molecule has 0 fully saturated rings. The van der Waals surface area contributed by atoms with Gasteiger partial charge in [0, 0.05) is 30.6 Å². The Morgan fingerprint density at radius 2 is 1.79 bits per heavy atom. The van der Waals surface area contributed by atoms with E-state index in [9.17, 15) is 5.11 Å². The number of phenolic OH excluding ortho intramolecular Hbond substituents is 1. The molecule has 3 nitrogen and oxygen atoms in total. The highest BCUT2D eigenvalue weighted by Crippen LogP contribution is 2.35. The Labute approximate surface area is 167 Å². The van der Waals surface area contributed by atoms with Crippen LogP contribution in [0.25, 0.3) is 11.1 Å². The van der Waals surface area contributed by atoms with E-state index in [1.165, 1.54) is 0 Å². The molecule has 0 aromatic heterocycles. The normalized spacial score (nSPS) is 15.7. The number of hydrogen-bond donors (Lipinski definition) is 1. The second kappa shape index (κ2) is 8.76. The molecule has 1 heterocycles. The molecule has 150 valence electrons. The van der Waals surface area contributed by atoms with Crippen LogP contribution in [0.2, 0.25) is 0 Å². The first-order valence-corrected chi connectivity index (χ1v) is 10.4. The van der Waals surface area contributed by atoms with Gasteiger partial charge in [0.1, 0.15) is 5.84 Å². The number of phenols is 1. The van der Waals surface area contributed by atoms with Crippen LogP contribution in [0, 0.1) is 5.82 Å². The van der Waals surface area contributed by atoms with Crippen LogP contribution in [0.1, 0.15) is 58.4 Å². The van der Waals surface area contributed by atoms with Crippen LogP contribution in [-0.2, 0) is 6.54 Å². The third kappa shape index (κ3) is 4.06. The van der Waals surface area contributed by atoms with E-state index in [1.54, 1.807) is 6.07 Å².